The first kappa shape index (κ1) is 36.2. The van der Waals surface area contributed by atoms with Gasteiger partial charge in [0.15, 0.2) is 18.4 Å². The molecule has 0 aromatic rings. The van der Waals surface area contributed by atoms with Gasteiger partial charge in [-0.05, 0) is 80.5 Å². The summed E-state index contributed by atoms with van der Waals surface area (Å²) >= 11 is 0. The topological polar surface area (TPSA) is 177 Å². The lowest BCUT2D eigenvalue weighted by Gasteiger charge is -2.60. The SMILES string of the molecule is CC1O[C@@H](OC2C(O)[C@@H](O)CO[C@H]2O[C@@H]2C[C@H](O)CC3=CCC4C5CC6O[C@]7(CC[C@H](C)CO7)[C@@H](C)C6[C@@]5(C)CCC4[C@]32C)C(O)C(O)[C@H]1O. The number of hydrogen-bond donors (Lipinski definition) is 6. The van der Waals surface area contributed by atoms with Crippen LogP contribution in [-0.2, 0) is 28.4 Å². The number of ether oxygens (including phenoxy) is 6. The molecule has 8 aliphatic rings. The molecular weight excluding hydrogens is 648 g/mol. The maximum atomic E-state index is 11.1. The zero-order valence-electron chi connectivity index (χ0n) is 30.2. The van der Waals surface area contributed by atoms with E-state index >= 15 is 0 Å². The predicted molar refractivity (Wildman–Crippen MR) is 177 cm³/mol. The van der Waals surface area contributed by atoms with Crippen LogP contribution in [0.5, 0.6) is 0 Å². The first-order valence-corrected chi connectivity index (χ1v) is 19.4. The van der Waals surface area contributed by atoms with E-state index in [9.17, 15) is 30.6 Å². The van der Waals surface area contributed by atoms with Gasteiger partial charge < -0.3 is 59.1 Å². The van der Waals surface area contributed by atoms with E-state index in [1.54, 1.807) is 6.92 Å². The average molecular weight is 709 g/mol. The van der Waals surface area contributed by atoms with Gasteiger partial charge in [0.05, 0.1) is 37.6 Å². The molecule has 4 aliphatic carbocycles. The highest BCUT2D eigenvalue weighted by atomic mass is 16.8. The maximum Gasteiger partial charge on any atom is 0.187 e. The van der Waals surface area contributed by atoms with Crippen molar-refractivity contribution in [2.24, 2.45) is 46.3 Å². The normalized spacial score (nSPS) is 59.3. The van der Waals surface area contributed by atoms with Crippen molar-refractivity contribution in [1.82, 2.24) is 0 Å². The summed E-state index contributed by atoms with van der Waals surface area (Å²) in [5.41, 5.74) is 0.917. The summed E-state index contributed by atoms with van der Waals surface area (Å²) in [5.74, 6) is 2.08. The van der Waals surface area contributed by atoms with Crippen molar-refractivity contribution >= 4 is 0 Å². The highest BCUT2D eigenvalue weighted by molar-refractivity contribution is 5.28. The second-order valence-electron chi connectivity index (χ2n) is 17.9. The molecule has 1 spiro atoms. The van der Waals surface area contributed by atoms with Crippen LogP contribution in [0.1, 0.15) is 86.0 Å². The maximum absolute atomic E-state index is 11.1. The smallest absolute Gasteiger partial charge is 0.187 e. The van der Waals surface area contributed by atoms with Gasteiger partial charge in [0.25, 0.3) is 0 Å². The van der Waals surface area contributed by atoms with Crippen LogP contribution in [0.25, 0.3) is 0 Å². The number of aliphatic hydroxyl groups is 6. The molecule has 50 heavy (non-hydrogen) atoms. The molecule has 6 N–H and O–H groups in total. The number of rotatable bonds is 4. The van der Waals surface area contributed by atoms with Gasteiger partial charge in [-0.2, -0.15) is 0 Å². The van der Waals surface area contributed by atoms with Crippen molar-refractivity contribution < 1.29 is 59.1 Å². The Bertz CT molecular complexity index is 1290. The third-order valence-corrected chi connectivity index (χ3v) is 15.2. The standard InChI is InChI=1S/C38H60O12/c1-17-8-11-38(46-15-17)18(2)28-26(50-38)14-24-22-7-6-20-12-21(39)13-27(37(20,5)23(22)9-10-36(24,28)4)48-35-33(30(42)25(40)16-45-35)49-34-32(44)31(43)29(41)19(3)47-34/h6,17-19,21-35,39-44H,7-16H2,1-5H3/t17-,18-,19?,21+,22?,23?,24?,25-,26?,27+,28?,29-,30?,31?,32?,33?,34-,35-,36-,37-,38+/m0/s1. The fourth-order valence-electron chi connectivity index (χ4n) is 12.4. The number of fused-ring (bicyclic) bond motifs is 7. The van der Waals surface area contributed by atoms with E-state index in [1.807, 2.05) is 0 Å². The van der Waals surface area contributed by atoms with E-state index < -0.39 is 78.7 Å². The van der Waals surface area contributed by atoms with Crippen molar-refractivity contribution in [2.45, 2.75) is 165 Å². The third kappa shape index (κ3) is 5.45. The van der Waals surface area contributed by atoms with Gasteiger partial charge in [-0.3, -0.25) is 0 Å². The molecule has 21 atom stereocenters. The first-order chi connectivity index (χ1) is 23.7. The van der Waals surface area contributed by atoms with Crippen molar-refractivity contribution in [2.75, 3.05) is 13.2 Å². The minimum Gasteiger partial charge on any atom is -0.393 e. The molecule has 3 saturated carbocycles. The van der Waals surface area contributed by atoms with Crippen LogP contribution in [-0.4, -0.2) is 123 Å². The molecule has 0 aromatic heterocycles. The minimum atomic E-state index is -1.60. The van der Waals surface area contributed by atoms with Gasteiger partial charge >= 0.3 is 0 Å². The summed E-state index contributed by atoms with van der Waals surface area (Å²) < 4.78 is 38.0. The van der Waals surface area contributed by atoms with Crippen LogP contribution in [0.4, 0.5) is 0 Å². The van der Waals surface area contributed by atoms with Gasteiger partial charge in [-0.1, -0.05) is 39.3 Å². The Balaban J connectivity index is 1.04. The quantitative estimate of drug-likeness (QED) is 0.235. The molecule has 12 nitrogen and oxygen atoms in total. The number of aliphatic hydroxyl groups excluding tert-OH is 6. The van der Waals surface area contributed by atoms with E-state index in [0.717, 1.165) is 45.1 Å². The summed E-state index contributed by atoms with van der Waals surface area (Å²) in [6.07, 6.45) is -3.26. The van der Waals surface area contributed by atoms with Gasteiger partial charge in [0.1, 0.15) is 36.6 Å². The highest BCUT2D eigenvalue weighted by Crippen LogP contribution is 2.71. The summed E-state index contributed by atoms with van der Waals surface area (Å²) in [6.45, 7) is 11.5. The average Bonchev–Trinajstić information content (AvgIpc) is 3.53. The fourth-order valence-corrected chi connectivity index (χ4v) is 12.4. The van der Waals surface area contributed by atoms with Crippen LogP contribution in [0, 0.1) is 46.3 Å². The Morgan fingerprint density at radius 3 is 2.34 bits per heavy atom. The summed E-state index contributed by atoms with van der Waals surface area (Å²) in [4.78, 5) is 0. The van der Waals surface area contributed by atoms with E-state index in [2.05, 4.69) is 33.8 Å². The van der Waals surface area contributed by atoms with Crippen molar-refractivity contribution in [3.05, 3.63) is 11.6 Å². The lowest BCUT2D eigenvalue weighted by molar-refractivity contribution is -0.362. The van der Waals surface area contributed by atoms with E-state index in [-0.39, 0.29) is 18.1 Å². The molecule has 0 radical (unpaired) electrons. The van der Waals surface area contributed by atoms with Crippen molar-refractivity contribution in [1.29, 1.82) is 0 Å². The Labute approximate surface area is 295 Å². The summed E-state index contributed by atoms with van der Waals surface area (Å²) in [5, 5.41) is 64.1. The van der Waals surface area contributed by atoms with Crippen molar-refractivity contribution in [3.63, 3.8) is 0 Å². The second kappa shape index (κ2) is 12.9. The monoisotopic (exact) mass is 708 g/mol. The van der Waals surface area contributed by atoms with Crippen LogP contribution in [0.15, 0.2) is 11.6 Å². The van der Waals surface area contributed by atoms with Crippen LogP contribution in [0.2, 0.25) is 0 Å². The second-order valence-corrected chi connectivity index (χ2v) is 17.9. The Hall–Kier alpha value is -0.740. The van der Waals surface area contributed by atoms with Gasteiger partial charge in [0, 0.05) is 24.2 Å². The molecule has 0 bridgehead atoms. The van der Waals surface area contributed by atoms with Crippen molar-refractivity contribution in [3.8, 4) is 0 Å². The molecule has 284 valence electrons. The van der Waals surface area contributed by atoms with E-state index in [1.165, 1.54) is 5.57 Å². The lowest BCUT2D eigenvalue weighted by atomic mass is 9.46. The Kier molecular flexibility index (Phi) is 9.38. The first-order valence-electron chi connectivity index (χ1n) is 19.4. The van der Waals surface area contributed by atoms with Gasteiger partial charge in [0.2, 0.25) is 0 Å². The van der Waals surface area contributed by atoms with Crippen LogP contribution >= 0.6 is 0 Å². The Morgan fingerprint density at radius 1 is 0.820 bits per heavy atom. The number of allylic oxidation sites excluding steroid dienone is 1. The molecular formula is C38H60O12. The summed E-state index contributed by atoms with van der Waals surface area (Å²) in [6, 6.07) is 0. The minimum absolute atomic E-state index is 0.134. The largest absolute Gasteiger partial charge is 0.393 e. The molecule has 8 rings (SSSR count). The fraction of sp³-hybridized carbons (Fsp3) is 0.947. The molecule has 12 heteroatoms. The highest BCUT2D eigenvalue weighted by Gasteiger charge is 2.69. The lowest BCUT2D eigenvalue weighted by Crippen LogP contribution is -2.63. The zero-order chi connectivity index (χ0) is 35.5. The zero-order valence-corrected chi connectivity index (χ0v) is 30.2. The van der Waals surface area contributed by atoms with Gasteiger partial charge in [-0.25, -0.2) is 0 Å². The molecule has 10 unspecified atom stereocenters. The molecule has 4 aliphatic heterocycles. The van der Waals surface area contributed by atoms with Crippen LogP contribution < -0.4 is 0 Å². The molecule has 4 saturated heterocycles. The number of hydrogen-bond acceptors (Lipinski definition) is 12. The predicted octanol–water partition coefficient (Wildman–Crippen LogP) is 2.00. The van der Waals surface area contributed by atoms with Gasteiger partial charge in [-0.15, -0.1) is 0 Å². The van der Waals surface area contributed by atoms with E-state index in [4.69, 9.17) is 28.4 Å². The Morgan fingerprint density at radius 2 is 1.60 bits per heavy atom. The van der Waals surface area contributed by atoms with E-state index in [0.29, 0.717) is 48.3 Å². The molecule has 0 amide bonds. The molecule has 4 heterocycles. The molecule has 0 aromatic carbocycles. The molecule has 7 fully saturated rings. The third-order valence-electron chi connectivity index (χ3n) is 15.2. The summed E-state index contributed by atoms with van der Waals surface area (Å²) in [7, 11) is 0. The van der Waals surface area contributed by atoms with Crippen LogP contribution in [0.3, 0.4) is 0 Å².